The SMILES string of the molecule is C=C1C(=NCC)C(Sc2ccc(F)cc2)=CC(=NCCCO)/C1=[N+](/C)O. The van der Waals surface area contributed by atoms with Gasteiger partial charge in [0.2, 0.25) is 0 Å². The highest BCUT2D eigenvalue weighted by Gasteiger charge is 2.32. The zero-order valence-corrected chi connectivity index (χ0v) is 15.8. The van der Waals surface area contributed by atoms with Gasteiger partial charge < -0.3 is 5.11 Å². The molecular weight excluding hydrogens is 353 g/mol. The monoisotopic (exact) mass is 376 g/mol. The van der Waals surface area contributed by atoms with Crippen molar-refractivity contribution in [3.05, 3.63) is 53.2 Å². The van der Waals surface area contributed by atoms with Crippen molar-refractivity contribution in [1.82, 2.24) is 0 Å². The van der Waals surface area contributed by atoms with Crippen molar-refractivity contribution in [3.63, 3.8) is 0 Å². The number of hydrogen-bond acceptors (Lipinski definition) is 5. The predicted octanol–water partition coefficient (Wildman–Crippen LogP) is 3.13. The molecule has 0 fully saturated rings. The highest BCUT2D eigenvalue weighted by molar-refractivity contribution is 8.04. The van der Waals surface area contributed by atoms with Crippen LogP contribution in [0.2, 0.25) is 0 Å². The Hall–Kier alpha value is -2.25. The van der Waals surface area contributed by atoms with Gasteiger partial charge >= 0.3 is 0 Å². The number of halogens is 1. The minimum atomic E-state index is -0.289. The predicted molar refractivity (Wildman–Crippen MR) is 104 cm³/mol. The van der Waals surface area contributed by atoms with Crippen LogP contribution >= 0.6 is 11.8 Å². The fraction of sp³-hybridized carbons (Fsp3) is 0.316. The Morgan fingerprint density at radius 3 is 2.50 bits per heavy atom. The summed E-state index contributed by atoms with van der Waals surface area (Å²) in [6, 6.07) is 6.22. The molecule has 0 spiro atoms. The smallest absolute Gasteiger partial charge is 0.283 e. The van der Waals surface area contributed by atoms with Crippen LogP contribution in [0.15, 0.2) is 62.3 Å². The molecule has 0 heterocycles. The zero-order chi connectivity index (χ0) is 19.1. The van der Waals surface area contributed by atoms with Crippen LogP contribution in [0.1, 0.15) is 13.3 Å². The largest absolute Gasteiger partial charge is 0.396 e. The normalized spacial score (nSPS) is 19.8. The first-order valence-electron chi connectivity index (χ1n) is 8.32. The van der Waals surface area contributed by atoms with Gasteiger partial charge in [0.15, 0.2) is 7.05 Å². The van der Waals surface area contributed by atoms with Crippen LogP contribution in [-0.4, -0.2) is 58.9 Å². The van der Waals surface area contributed by atoms with E-state index in [0.29, 0.717) is 42.2 Å². The maximum absolute atomic E-state index is 13.2. The van der Waals surface area contributed by atoms with E-state index in [1.807, 2.05) is 13.0 Å². The third kappa shape index (κ3) is 4.89. The number of hydrogen-bond donors (Lipinski definition) is 2. The lowest BCUT2D eigenvalue weighted by Crippen LogP contribution is -2.33. The number of thioether (sulfide) groups is 1. The molecule has 1 aromatic carbocycles. The molecule has 26 heavy (non-hydrogen) atoms. The molecule has 0 atom stereocenters. The van der Waals surface area contributed by atoms with E-state index >= 15 is 0 Å². The number of nitrogens with zero attached hydrogens (tertiary/aromatic N) is 3. The molecule has 0 saturated carbocycles. The Morgan fingerprint density at radius 2 is 1.92 bits per heavy atom. The van der Waals surface area contributed by atoms with Crippen molar-refractivity contribution in [3.8, 4) is 0 Å². The van der Waals surface area contributed by atoms with Crippen molar-refractivity contribution in [2.24, 2.45) is 9.98 Å². The molecule has 0 amide bonds. The van der Waals surface area contributed by atoms with E-state index in [1.165, 1.54) is 30.9 Å². The minimum absolute atomic E-state index is 0.0471. The van der Waals surface area contributed by atoms with Gasteiger partial charge in [-0.3, -0.25) is 15.2 Å². The van der Waals surface area contributed by atoms with Gasteiger partial charge in [-0.1, -0.05) is 18.3 Å². The second-order valence-corrected chi connectivity index (χ2v) is 6.70. The number of hydroxylamine groups is 1. The molecule has 1 aromatic rings. The lowest BCUT2D eigenvalue weighted by atomic mass is 9.95. The maximum Gasteiger partial charge on any atom is 0.283 e. The average Bonchev–Trinajstić information content (AvgIpc) is 2.60. The van der Waals surface area contributed by atoms with Gasteiger partial charge in [-0.15, -0.1) is 0 Å². The molecule has 0 saturated heterocycles. The molecule has 0 bridgehead atoms. The van der Waals surface area contributed by atoms with E-state index in [9.17, 15) is 9.60 Å². The number of aliphatic imine (C=N–C) groups is 2. The number of rotatable bonds is 6. The van der Waals surface area contributed by atoms with Crippen molar-refractivity contribution >= 4 is 28.9 Å². The molecule has 0 aliphatic heterocycles. The summed E-state index contributed by atoms with van der Waals surface area (Å²) in [6.07, 6.45) is 2.37. The molecule has 0 radical (unpaired) electrons. The van der Waals surface area contributed by atoms with Gasteiger partial charge in [0.1, 0.15) is 11.5 Å². The number of aliphatic hydroxyl groups excluding tert-OH is 1. The quantitative estimate of drug-likeness (QED) is 0.347. The third-order valence-electron chi connectivity index (χ3n) is 3.60. The van der Waals surface area contributed by atoms with Crippen molar-refractivity contribution in [2.75, 3.05) is 26.7 Å². The first-order chi connectivity index (χ1) is 12.5. The van der Waals surface area contributed by atoms with Crippen LogP contribution in [0.25, 0.3) is 0 Å². The maximum atomic E-state index is 13.2. The fourth-order valence-corrected chi connectivity index (χ4v) is 3.45. The molecule has 138 valence electrons. The van der Waals surface area contributed by atoms with Gasteiger partial charge in [-0.25, -0.2) is 4.39 Å². The van der Waals surface area contributed by atoms with Gasteiger partial charge in [0.25, 0.3) is 5.71 Å². The van der Waals surface area contributed by atoms with Crippen LogP contribution in [0.5, 0.6) is 0 Å². The lowest BCUT2D eigenvalue weighted by molar-refractivity contribution is -0.753. The summed E-state index contributed by atoms with van der Waals surface area (Å²) >= 11 is 1.44. The summed E-state index contributed by atoms with van der Waals surface area (Å²) in [5, 5.41) is 19.0. The summed E-state index contributed by atoms with van der Waals surface area (Å²) in [5.41, 5.74) is 2.32. The van der Waals surface area contributed by atoms with Crippen molar-refractivity contribution < 1.29 is 19.4 Å². The van der Waals surface area contributed by atoms with Gasteiger partial charge in [0, 0.05) is 29.5 Å². The Bertz CT molecular complexity index is 792. The molecule has 5 nitrogen and oxygen atoms in total. The number of allylic oxidation sites excluding steroid dienone is 3. The Kier molecular flexibility index (Phi) is 7.29. The van der Waals surface area contributed by atoms with Crippen LogP contribution in [-0.2, 0) is 0 Å². The molecule has 1 aliphatic rings. The average molecular weight is 376 g/mol. The van der Waals surface area contributed by atoms with E-state index in [0.717, 1.165) is 14.5 Å². The molecule has 1 aliphatic carbocycles. The highest BCUT2D eigenvalue weighted by Crippen LogP contribution is 2.32. The van der Waals surface area contributed by atoms with Crippen molar-refractivity contribution in [2.45, 2.75) is 18.2 Å². The Morgan fingerprint density at radius 1 is 1.23 bits per heavy atom. The lowest BCUT2D eigenvalue weighted by Gasteiger charge is -2.18. The second kappa shape index (κ2) is 9.45. The van der Waals surface area contributed by atoms with Crippen LogP contribution in [0.3, 0.4) is 0 Å². The topological polar surface area (TPSA) is 68.2 Å². The van der Waals surface area contributed by atoms with Crippen molar-refractivity contribution in [1.29, 1.82) is 0 Å². The standard InChI is InChI=1S/C19H23FN3O2S/c1-4-21-18-13(2)19(23(3)25)16(22-10-5-11-24)12-17(18)26-15-8-6-14(20)7-9-15/h6-9,12,24-25H,2,4-5,10-11H2,1,3H3/q+1/b21-18?,22-16?,23-19-. The summed E-state index contributed by atoms with van der Waals surface area (Å²) < 4.78 is 14.1. The van der Waals surface area contributed by atoms with E-state index in [2.05, 4.69) is 16.6 Å². The Labute approximate surface area is 157 Å². The molecule has 0 unspecified atom stereocenters. The summed E-state index contributed by atoms with van der Waals surface area (Å²) in [6.45, 7) is 7.06. The fourth-order valence-electron chi connectivity index (χ4n) is 2.47. The van der Waals surface area contributed by atoms with Gasteiger partial charge in [-0.2, -0.15) is 0 Å². The summed E-state index contributed by atoms with van der Waals surface area (Å²) in [4.78, 5) is 10.7. The number of aliphatic hydroxyl groups is 1. The third-order valence-corrected chi connectivity index (χ3v) is 4.63. The first-order valence-corrected chi connectivity index (χ1v) is 9.14. The van der Waals surface area contributed by atoms with Crippen LogP contribution in [0, 0.1) is 5.82 Å². The molecule has 7 heteroatoms. The first kappa shape index (κ1) is 20.1. The Balaban J connectivity index is 2.49. The van der Waals surface area contributed by atoms with Crippen LogP contribution < -0.4 is 0 Å². The second-order valence-electron chi connectivity index (χ2n) is 5.58. The van der Waals surface area contributed by atoms with E-state index in [4.69, 9.17) is 5.11 Å². The van der Waals surface area contributed by atoms with Crippen LogP contribution in [0.4, 0.5) is 4.39 Å². The summed E-state index contributed by atoms with van der Waals surface area (Å²) in [7, 11) is 1.51. The van der Waals surface area contributed by atoms with Gasteiger partial charge in [-0.05, 0) is 48.4 Å². The van der Waals surface area contributed by atoms with E-state index < -0.39 is 0 Å². The highest BCUT2D eigenvalue weighted by atomic mass is 32.2. The molecular formula is C19H23FN3O2S+. The number of benzene rings is 1. The van der Waals surface area contributed by atoms with E-state index in [-0.39, 0.29) is 12.4 Å². The molecule has 2 rings (SSSR count). The molecule has 0 aromatic heterocycles. The molecule has 2 N–H and O–H groups in total. The van der Waals surface area contributed by atoms with Gasteiger partial charge in [0.05, 0.1) is 11.3 Å². The van der Waals surface area contributed by atoms with E-state index in [1.54, 1.807) is 12.1 Å². The minimum Gasteiger partial charge on any atom is -0.396 e. The summed E-state index contributed by atoms with van der Waals surface area (Å²) in [5.74, 6) is -0.289. The zero-order valence-electron chi connectivity index (χ0n) is 14.9.